The van der Waals surface area contributed by atoms with E-state index in [1.165, 1.54) is 315 Å². The van der Waals surface area contributed by atoms with Gasteiger partial charge in [-0.3, -0.25) is 9.59 Å². The first-order valence-corrected chi connectivity index (χ1v) is 33.5. The molecule has 0 aromatic heterocycles. The number of unbranched alkanes of at least 4 members (excludes halogenated alkanes) is 52. The van der Waals surface area contributed by atoms with Gasteiger partial charge in [-0.1, -0.05) is 347 Å². The molecule has 2 atom stereocenters. The second kappa shape index (κ2) is 63.1. The summed E-state index contributed by atoms with van der Waals surface area (Å²) in [5.41, 5.74) is 0. The topological polar surface area (TPSA) is 95.9 Å². The lowest BCUT2D eigenvalue weighted by atomic mass is 10.0. The van der Waals surface area contributed by atoms with Crippen molar-refractivity contribution < 1.29 is 24.5 Å². The normalized spacial score (nSPS) is 12.5. The number of amides is 1. The third-order valence-corrected chi connectivity index (χ3v) is 15.8. The summed E-state index contributed by atoms with van der Waals surface area (Å²) >= 11 is 0. The average molecular weight is 1030 g/mol. The van der Waals surface area contributed by atoms with Crippen LogP contribution in [-0.4, -0.2) is 47.4 Å². The number of ether oxygens (including phenoxy) is 1. The van der Waals surface area contributed by atoms with Gasteiger partial charge < -0.3 is 20.3 Å². The van der Waals surface area contributed by atoms with Crippen LogP contribution in [0.2, 0.25) is 0 Å². The van der Waals surface area contributed by atoms with Gasteiger partial charge in [0.15, 0.2) is 0 Å². The van der Waals surface area contributed by atoms with Gasteiger partial charge in [0.25, 0.3) is 0 Å². The second-order valence-electron chi connectivity index (χ2n) is 23.2. The van der Waals surface area contributed by atoms with Gasteiger partial charge in [0.05, 0.1) is 25.4 Å². The van der Waals surface area contributed by atoms with E-state index in [9.17, 15) is 19.8 Å². The van der Waals surface area contributed by atoms with Gasteiger partial charge in [-0.25, -0.2) is 0 Å². The zero-order valence-electron chi connectivity index (χ0n) is 49.6. The van der Waals surface area contributed by atoms with Crippen molar-refractivity contribution in [1.29, 1.82) is 0 Å². The van der Waals surface area contributed by atoms with Gasteiger partial charge in [0.2, 0.25) is 5.91 Å². The van der Waals surface area contributed by atoms with Crippen LogP contribution < -0.4 is 5.32 Å². The molecule has 434 valence electrons. The Kier molecular flexibility index (Phi) is 61.9. The number of esters is 1. The molecule has 6 heteroatoms. The fraction of sp³-hybridized carbons (Fsp3) is 0.940. The summed E-state index contributed by atoms with van der Waals surface area (Å²) in [6, 6.07) is -0.622. The van der Waals surface area contributed by atoms with Gasteiger partial charge in [-0.15, -0.1) is 0 Å². The summed E-state index contributed by atoms with van der Waals surface area (Å²) in [6.07, 6.45) is 77.2. The zero-order valence-corrected chi connectivity index (χ0v) is 49.6. The Labute approximate surface area is 457 Å². The van der Waals surface area contributed by atoms with Crippen molar-refractivity contribution in [3.05, 3.63) is 12.2 Å². The highest BCUT2D eigenvalue weighted by Crippen LogP contribution is 2.19. The Morgan fingerprint density at radius 3 is 0.932 bits per heavy atom. The molecule has 0 aliphatic rings. The first-order chi connectivity index (χ1) is 36.0. The van der Waals surface area contributed by atoms with E-state index in [-0.39, 0.29) is 18.5 Å². The Morgan fingerprint density at radius 2 is 0.630 bits per heavy atom. The van der Waals surface area contributed by atoms with E-state index < -0.39 is 12.1 Å². The molecule has 2 unspecified atom stereocenters. The van der Waals surface area contributed by atoms with Crippen LogP contribution in [0, 0.1) is 0 Å². The van der Waals surface area contributed by atoms with Crippen molar-refractivity contribution in [2.45, 2.75) is 392 Å². The molecule has 6 nitrogen and oxygen atoms in total. The number of carbonyl (C=O) groups is 2. The standard InChI is InChI=1S/C67H131NO5/c1-3-5-7-9-11-13-15-36-40-43-47-51-55-59-65(70)64(63-69)68-66(71)60-56-52-48-44-41-37-34-32-30-28-26-24-22-20-18-16-17-19-21-23-25-27-29-31-33-35-38-42-46-50-54-58-62-73-67(72)61-57-53-49-45-39-14-12-10-8-6-4-2/h55,59,64-65,69-70H,3-54,56-58,60-63H2,1-2H3,(H,68,71)/b59-55+. The van der Waals surface area contributed by atoms with E-state index >= 15 is 0 Å². The molecule has 0 spiro atoms. The molecule has 0 aromatic rings. The Bertz CT molecular complexity index is 1100. The predicted molar refractivity (Wildman–Crippen MR) is 320 cm³/mol. The molecule has 1 amide bonds. The molecule has 0 heterocycles. The average Bonchev–Trinajstić information content (AvgIpc) is 3.39. The maximum Gasteiger partial charge on any atom is 0.305 e. The van der Waals surface area contributed by atoms with Crippen LogP contribution in [0.4, 0.5) is 0 Å². The summed E-state index contributed by atoms with van der Waals surface area (Å²) in [5, 5.41) is 23.1. The SMILES string of the molecule is CCCCCCCCCCCCC/C=C/C(O)C(CO)NC(=O)CCCCCCCCCCCCCCCCCCCCCCCCCCCCCCCCCCOC(=O)CCCCCCCCCCCCC. The number of hydrogen-bond donors (Lipinski definition) is 3. The molecule has 0 rings (SSSR count). The highest BCUT2D eigenvalue weighted by Gasteiger charge is 2.18. The monoisotopic (exact) mass is 1030 g/mol. The summed E-state index contributed by atoms with van der Waals surface area (Å²) < 4.78 is 5.48. The molecule has 0 aromatic carbocycles. The molecule has 0 fully saturated rings. The fourth-order valence-electron chi connectivity index (χ4n) is 10.7. The molecular weight excluding hydrogens is 899 g/mol. The van der Waals surface area contributed by atoms with Crippen molar-refractivity contribution in [2.24, 2.45) is 0 Å². The molecule has 0 saturated carbocycles. The number of aliphatic hydroxyl groups excluding tert-OH is 2. The largest absolute Gasteiger partial charge is 0.466 e. The van der Waals surface area contributed by atoms with Crippen molar-refractivity contribution in [2.75, 3.05) is 13.2 Å². The lowest BCUT2D eigenvalue weighted by molar-refractivity contribution is -0.143. The third kappa shape index (κ3) is 59.7. The summed E-state index contributed by atoms with van der Waals surface area (Å²) in [7, 11) is 0. The summed E-state index contributed by atoms with van der Waals surface area (Å²) in [5.74, 6) is -0.0405. The zero-order chi connectivity index (χ0) is 52.9. The quantitative estimate of drug-likeness (QED) is 0.0320. The fourth-order valence-corrected chi connectivity index (χ4v) is 10.7. The Morgan fingerprint density at radius 1 is 0.370 bits per heavy atom. The molecule has 0 saturated heterocycles. The summed E-state index contributed by atoms with van der Waals surface area (Å²) in [4.78, 5) is 24.5. The molecular formula is C67H131NO5. The van der Waals surface area contributed by atoms with E-state index in [1.54, 1.807) is 6.08 Å². The molecule has 73 heavy (non-hydrogen) atoms. The minimum absolute atomic E-state index is 0.0212. The molecule has 3 N–H and O–H groups in total. The van der Waals surface area contributed by atoms with Crippen LogP contribution >= 0.6 is 0 Å². The number of aliphatic hydroxyl groups is 2. The minimum atomic E-state index is -0.839. The maximum atomic E-state index is 12.5. The number of hydrogen-bond acceptors (Lipinski definition) is 5. The number of rotatable bonds is 63. The van der Waals surface area contributed by atoms with Gasteiger partial charge in [0.1, 0.15) is 0 Å². The number of nitrogens with one attached hydrogen (secondary N) is 1. The van der Waals surface area contributed by atoms with Crippen LogP contribution in [0.25, 0.3) is 0 Å². The van der Waals surface area contributed by atoms with E-state index in [0.717, 1.165) is 38.5 Å². The minimum Gasteiger partial charge on any atom is -0.466 e. The van der Waals surface area contributed by atoms with E-state index in [4.69, 9.17) is 4.74 Å². The second-order valence-corrected chi connectivity index (χ2v) is 23.2. The van der Waals surface area contributed by atoms with Crippen LogP contribution in [0.1, 0.15) is 380 Å². The summed E-state index contributed by atoms with van der Waals surface area (Å²) in [6.45, 7) is 4.93. The first-order valence-electron chi connectivity index (χ1n) is 33.5. The highest BCUT2D eigenvalue weighted by atomic mass is 16.5. The van der Waals surface area contributed by atoms with Crippen LogP contribution in [-0.2, 0) is 14.3 Å². The molecule has 0 bridgehead atoms. The Balaban J connectivity index is 3.32. The van der Waals surface area contributed by atoms with Crippen LogP contribution in [0.3, 0.4) is 0 Å². The maximum absolute atomic E-state index is 12.5. The van der Waals surface area contributed by atoms with Crippen LogP contribution in [0.5, 0.6) is 0 Å². The predicted octanol–water partition coefficient (Wildman–Crippen LogP) is 21.2. The van der Waals surface area contributed by atoms with Crippen molar-refractivity contribution >= 4 is 11.9 Å². The van der Waals surface area contributed by atoms with E-state index in [2.05, 4.69) is 19.2 Å². The smallest absolute Gasteiger partial charge is 0.305 e. The molecule has 0 aliphatic carbocycles. The van der Waals surface area contributed by atoms with Crippen molar-refractivity contribution in [3.8, 4) is 0 Å². The van der Waals surface area contributed by atoms with Crippen molar-refractivity contribution in [1.82, 2.24) is 5.32 Å². The first kappa shape index (κ1) is 71.6. The number of allylic oxidation sites excluding steroid dienone is 1. The van der Waals surface area contributed by atoms with Gasteiger partial charge in [-0.05, 0) is 32.1 Å². The third-order valence-electron chi connectivity index (χ3n) is 15.8. The van der Waals surface area contributed by atoms with Crippen LogP contribution in [0.15, 0.2) is 12.2 Å². The lowest BCUT2D eigenvalue weighted by Crippen LogP contribution is -2.45. The van der Waals surface area contributed by atoms with Gasteiger partial charge in [-0.2, -0.15) is 0 Å². The Hall–Kier alpha value is -1.40. The number of carbonyl (C=O) groups excluding carboxylic acids is 2. The molecule has 0 radical (unpaired) electrons. The van der Waals surface area contributed by atoms with Crippen molar-refractivity contribution in [3.63, 3.8) is 0 Å². The lowest BCUT2D eigenvalue weighted by Gasteiger charge is -2.20. The molecule has 0 aliphatic heterocycles. The highest BCUT2D eigenvalue weighted by molar-refractivity contribution is 5.76. The van der Waals surface area contributed by atoms with E-state index in [1.807, 2.05) is 6.08 Å². The van der Waals surface area contributed by atoms with Gasteiger partial charge in [0, 0.05) is 12.8 Å². The van der Waals surface area contributed by atoms with Gasteiger partial charge >= 0.3 is 5.97 Å². The van der Waals surface area contributed by atoms with E-state index in [0.29, 0.717) is 19.4 Å².